The van der Waals surface area contributed by atoms with Crippen molar-refractivity contribution in [2.24, 2.45) is 11.7 Å². The summed E-state index contributed by atoms with van der Waals surface area (Å²) in [5.41, 5.74) is 5.97. The molecule has 0 aromatic heterocycles. The van der Waals surface area contributed by atoms with Gasteiger partial charge in [0.05, 0.1) is 5.88 Å². The Morgan fingerprint density at radius 3 is 2.75 bits per heavy atom. The van der Waals surface area contributed by atoms with Crippen molar-refractivity contribution in [2.45, 2.75) is 44.7 Å². The van der Waals surface area contributed by atoms with E-state index in [1.54, 1.807) is 16.7 Å². The van der Waals surface area contributed by atoms with E-state index in [0.717, 1.165) is 6.42 Å². The highest BCUT2D eigenvalue weighted by Crippen LogP contribution is 2.31. The highest BCUT2D eigenvalue weighted by molar-refractivity contribution is 7.99. The Morgan fingerprint density at radius 2 is 2.15 bits per heavy atom. The van der Waals surface area contributed by atoms with E-state index in [0.29, 0.717) is 30.5 Å². The molecule has 3 N–H and O–H groups in total. The molecule has 0 spiro atoms. The van der Waals surface area contributed by atoms with Crippen LogP contribution in [0.4, 0.5) is 0 Å². The first kappa shape index (κ1) is 17.6. The number of halogens is 1. The quantitative estimate of drug-likeness (QED) is 0.764. The van der Waals surface area contributed by atoms with E-state index in [-0.39, 0.29) is 36.3 Å². The molecular weight excluding hydrogens is 298 g/mol. The van der Waals surface area contributed by atoms with Crippen molar-refractivity contribution in [3.8, 4) is 0 Å². The van der Waals surface area contributed by atoms with Crippen LogP contribution in [-0.4, -0.2) is 47.0 Å². The lowest BCUT2D eigenvalue weighted by molar-refractivity contribution is -0.138. The van der Waals surface area contributed by atoms with Gasteiger partial charge in [-0.1, -0.05) is 6.92 Å². The van der Waals surface area contributed by atoms with Gasteiger partial charge in [0.1, 0.15) is 6.04 Å². The predicted octanol–water partition coefficient (Wildman–Crippen LogP) is 0.963. The van der Waals surface area contributed by atoms with Gasteiger partial charge >= 0.3 is 0 Å². The molecule has 116 valence electrons. The zero-order valence-corrected chi connectivity index (χ0v) is 13.5. The van der Waals surface area contributed by atoms with Crippen LogP contribution in [0, 0.1) is 5.92 Å². The summed E-state index contributed by atoms with van der Waals surface area (Å²) in [4.78, 5) is 25.8. The number of carbonyl (C=O) groups excluding carboxylic acids is 2. The molecule has 2 aliphatic rings. The van der Waals surface area contributed by atoms with Gasteiger partial charge in [-0.05, 0) is 25.2 Å². The van der Waals surface area contributed by atoms with Crippen LogP contribution < -0.4 is 11.1 Å². The van der Waals surface area contributed by atoms with E-state index in [1.807, 2.05) is 6.92 Å². The van der Waals surface area contributed by atoms with Crippen LogP contribution in [0.25, 0.3) is 0 Å². The van der Waals surface area contributed by atoms with Gasteiger partial charge in [0, 0.05) is 24.8 Å². The fourth-order valence-corrected chi connectivity index (χ4v) is 3.47. The van der Waals surface area contributed by atoms with Crippen molar-refractivity contribution in [3.05, 3.63) is 0 Å². The SMILES string of the molecule is CCCC(=O)N1CSCC1C(=O)NCC(N)C1CC1.Cl. The van der Waals surface area contributed by atoms with Gasteiger partial charge in [-0.15, -0.1) is 24.2 Å². The number of hydrogen-bond acceptors (Lipinski definition) is 4. The molecule has 1 saturated carbocycles. The molecule has 1 saturated heterocycles. The van der Waals surface area contributed by atoms with Crippen molar-refractivity contribution in [3.63, 3.8) is 0 Å². The highest BCUT2D eigenvalue weighted by Gasteiger charge is 2.35. The van der Waals surface area contributed by atoms with Crippen molar-refractivity contribution < 1.29 is 9.59 Å². The van der Waals surface area contributed by atoms with E-state index in [4.69, 9.17) is 5.73 Å². The van der Waals surface area contributed by atoms with E-state index in [2.05, 4.69) is 5.32 Å². The Hall–Kier alpha value is -0.460. The Morgan fingerprint density at radius 1 is 1.45 bits per heavy atom. The highest BCUT2D eigenvalue weighted by atomic mass is 35.5. The largest absolute Gasteiger partial charge is 0.353 e. The van der Waals surface area contributed by atoms with Gasteiger partial charge in [-0.2, -0.15) is 0 Å². The van der Waals surface area contributed by atoms with Crippen molar-refractivity contribution in [1.29, 1.82) is 0 Å². The first-order valence-corrected chi connectivity index (χ1v) is 8.19. The second kappa shape index (κ2) is 8.10. The lowest BCUT2D eigenvalue weighted by Crippen LogP contribution is -2.49. The number of hydrogen-bond donors (Lipinski definition) is 2. The number of carbonyl (C=O) groups is 2. The number of amides is 2. The summed E-state index contributed by atoms with van der Waals surface area (Å²) in [5, 5.41) is 2.90. The minimum atomic E-state index is -0.310. The topological polar surface area (TPSA) is 75.4 Å². The Labute approximate surface area is 130 Å². The molecule has 1 heterocycles. The van der Waals surface area contributed by atoms with Crippen molar-refractivity contribution >= 4 is 36.0 Å². The summed E-state index contributed by atoms with van der Waals surface area (Å²) in [6, 6.07) is -0.242. The van der Waals surface area contributed by atoms with Gasteiger partial charge in [0.15, 0.2) is 0 Å². The molecule has 0 bridgehead atoms. The molecule has 2 rings (SSSR count). The first-order valence-electron chi connectivity index (χ1n) is 7.04. The molecule has 2 amide bonds. The maximum Gasteiger partial charge on any atom is 0.243 e. The Kier molecular flexibility index (Phi) is 7.12. The monoisotopic (exact) mass is 321 g/mol. The average Bonchev–Trinajstić information content (AvgIpc) is 3.12. The molecule has 0 aromatic rings. The molecule has 2 fully saturated rings. The molecule has 20 heavy (non-hydrogen) atoms. The van der Waals surface area contributed by atoms with Crippen molar-refractivity contribution in [1.82, 2.24) is 10.2 Å². The third-order valence-electron chi connectivity index (χ3n) is 3.71. The molecule has 1 aliphatic heterocycles. The fourth-order valence-electron chi connectivity index (χ4n) is 2.29. The maximum absolute atomic E-state index is 12.1. The molecule has 0 aromatic carbocycles. The minimum absolute atomic E-state index is 0. The normalized spacial score (nSPS) is 23.1. The molecule has 1 aliphatic carbocycles. The smallest absolute Gasteiger partial charge is 0.243 e. The number of nitrogens with two attached hydrogens (primary N) is 1. The Balaban J connectivity index is 0.00000200. The zero-order chi connectivity index (χ0) is 13.8. The Bertz CT molecular complexity index is 353. The summed E-state index contributed by atoms with van der Waals surface area (Å²) < 4.78 is 0. The summed E-state index contributed by atoms with van der Waals surface area (Å²) in [6.07, 6.45) is 3.70. The number of nitrogens with one attached hydrogen (secondary N) is 1. The molecule has 2 atom stereocenters. The number of rotatable bonds is 6. The average molecular weight is 322 g/mol. The van der Waals surface area contributed by atoms with Crippen molar-refractivity contribution in [2.75, 3.05) is 18.2 Å². The molecule has 0 radical (unpaired) electrons. The zero-order valence-electron chi connectivity index (χ0n) is 11.8. The first-order chi connectivity index (χ1) is 9.13. The van der Waals surface area contributed by atoms with E-state index < -0.39 is 0 Å². The predicted molar refractivity (Wildman–Crippen MR) is 83.8 cm³/mol. The maximum atomic E-state index is 12.1. The van der Waals surface area contributed by atoms with Crippen LogP contribution in [0.5, 0.6) is 0 Å². The summed E-state index contributed by atoms with van der Waals surface area (Å²) in [6.45, 7) is 2.51. The van der Waals surface area contributed by atoms with Gasteiger partial charge in [0.25, 0.3) is 0 Å². The fraction of sp³-hybridized carbons (Fsp3) is 0.846. The van der Waals surface area contributed by atoms with Crippen LogP contribution in [-0.2, 0) is 9.59 Å². The van der Waals surface area contributed by atoms with Crippen LogP contribution in [0.15, 0.2) is 0 Å². The summed E-state index contributed by atoms with van der Waals surface area (Å²) >= 11 is 1.64. The lowest BCUT2D eigenvalue weighted by Gasteiger charge is -2.23. The molecular formula is C13H24ClN3O2S. The van der Waals surface area contributed by atoms with E-state index >= 15 is 0 Å². The summed E-state index contributed by atoms with van der Waals surface area (Å²) in [5.74, 6) is 1.94. The van der Waals surface area contributed by atoms with Crippen LogP contribution in [0.2, 0.25) is 0 Å². The number of nitrogens with zero attached hydrogens (tertiary/aromatic N) is 1. The van der Waals surface area contributed by atoms with Gasteiger partial charge in [-0.25, -0.2) is 0 Å². The van der Waals surface area contributed by atoms with Crippen LogP contribution in [0.1, 0.15) is 32.6 Å². The standard InChI is InChI=1S/C13H23N3O2S.ClH/c1-2-3-12(17)16-8-19-7-11(16)13(18)15-6-10(14)9-4-5-9;/h9-11H,2-8,14H2,1H3,(H,15,18);1H. The number of thioether (sulfide) groups is 1. The lowest BCUT2D eigenvalue weighted by atomic mass is 10.2. The van der Waals surface area contributed by atoms with Crippen LogP contribution in [0.3, 0.4) is 0 Å². The van der Waals surface area contributed by atoms with Gasteiger partial charge in [0.2, 0.25) is 11.8 Å². The van der Waals surface area contributed by atoms with E-state index in [9.17, 15) is 9.59 Å². The molecule has 2 unspecified atom stereocenters. The minimum Gasteiger partial charge on any atom is -0.353 e. The molecule has 5 nitrogen and oxygen atoms in total. The van der Waals surface area contributed by atoms with Crippen LogP contribution >= 0.6 is 24.2 Å². The third kappa shape index (κ3) is 4.53. The molecule has 7 heteroatoms. The second-order valence-electron chi connectivity index (χ2n) is 5.38. The summed E-state index contributed by atoms with van der Waals surface area (Å²) in [7, 11) is 0. The second-order valence-corrected chi connectivity index (χ2v) is 6.38. The van der Waals surface area contributed by atoms with Gasteiger partial charge < -0.3 is 16.0 Å². The van der Waals surface area contributed by atoms with E-state index in [1.165, 1.54) is 12.8 Å². The third-order valence-corrected chi connectivity index (χ3v) is 4.72. The van der Waals surface area contributed by atoms with Gasteiger partial charge in [-0.3, -0.25) is 9.59 Å².